The van der Waals surface area contributed by atoms with Crippen molar-refractivity contribution >= 4 is 18.4 Å². The average molecular weight is 276 g/mol. The maximum Gasteiger partial charge on any atom is 0.496 e. The van der Waals surface area contributed by atoms with Gasteiger partial charge in [0.1, 0.15) is 5.82 Å². The molecule has 0 unspecified atom stereocenters. The molecule has 20 heavy (non-hydrogen) atoms. The molecule has 4 nitrogen and oxygen atoms in total. The van der Waals surface area contributed by atoms with Gasteiger partial charge in [0.05, 0.1) is 11.2 Å². The molecule has 0 atom stereocenters. The summed E-state index contributed by atoms with van der Waals surface area (Å²) >= 11 is 0. The highest BCUT2D eigenvalue weighted by atomic mass is 16.7. The number of pyridine rings is 1. The molecule has 0 radical (unpaired) electrons. The third kappa shape index (κ3) is 2.84. The number of anilines is 1. The molecule has 5 heteroatoms. The summed E-state index contributed by atoms with van der Waals surface area (Å²) in [5, 5.41) is 3.30. The molecule has 0 spiro atoms. The maximum atomic E-state index is 6.07. The first-order valence-corrected chi connectivity index (χ1v) is 7.22. The fourth-order valence-corrected chi connectivity index (χ4v) is 2.17. The molecule has 0 saturated carbocycles. The Bertz CT molecular complexity index is 485. The molecular weight excluding hydrogens is 251 g/mol. The zero-order chi connectivity index (χ0) is 15.1. The molecule has 1 N–H and O–H groups in total. The van der Waals surface area contributed by atoms with Crippen LogP contribution >= 0.6 is 0 Å². The van der Waals surface area contributed by atoms with Crippen LogP contribution in [0.2, 0.25) is 0 Å². The normalized spacial score (nSPS) is 20.5. The molecule has 0 bridgehead atoms. The monoisotopic (exact) mass is 276 g/mol. The van der Waals surface area contributed by atoms with Crippen LogP contribution in [0.3, 0.4) is 0 Å². The molecule has 1 aromatic rings. The van der Waals surface area contributed by atoms with E-state index in [1.165, 1.54) is 0 Å². The van der Waals surface area contributed by atoms with Crippen LogP contribution in [-0.2, 0) is 9.31 Å². The number of nitrogens with one attached hydrogen (secondary N) is 1. The van der Waals surface area contributed by atoms with Crippen LogP contribution in [0.15, 0.2) is 12.1 Å². The van der Waals surface area contributed by atoms with Gasteiger partial charge in [-0.2, -0.15) is 0 Å². The third-order valence-corrected chi connectivity index (χ3v) is 4.07. The molecule has 1 aromatic heterocycles. The Morgan fingerprint density at radius 1 is 1.10 bits per heavy atom. The number of hydrogen-bond donors (Lipinski definition) is 1. The van der Waals surface area contributed by atoms with Crippen LogP contribution in [0.5, 0.6) is 0 Å². The van der Waals surface area contributed by atoms with E-state index in [2.05, 4.69) is 51.8 Å². The van der Waals surface area contributed by atoms with Crippen LogP contribution in [0.1, 0.15) is 47.2 Å². The number of rotatable bonds is 3. The first-order valence-electron chi connectivity index (χ1n) is 7.22. The molecular formula is C15H25BN2O2. The highest BCUT2D eigenvalue weighted by Gasteiger charge is 2.52. The van der Waals surface area contributed by atoms with Gasteiger partial charge in [-0.25, -0.2) is 4.98 Å². The second kappa shape index (κ2) is 5.04. The number of nitrogens with zero attached hydrogens (tertiary/aromatic N) is 1. The molecule has 0 aliphatic carbocycles. The summed E-state index contributed by atoms with van der Waals surface area (Å²) in [7, 11) is -0.347. The van der Waals surface area contributed by atoms with Gasteiger partial charge in [-0.05, 0) is 54.5 Å². The minimum Gasteiger partial charge on any atom is -0.399 e. The van der Waals surface area contributed by atoms with Crippen molar-refractivity contribution in [3.63, 3.8) is 0 Å². The van der Waals surface area contributed by atoms with E-state index in [0.717, 1.165) is 17.0 Å². The van der Waals surface area contributed by atoms with Crippen LogP contribution in [0, 0.1) is 6.92 Å². The standard InChI is InChI=1S/C15H25BN2O2/c1-10(2)17-13-9-8-12(11(3)18-13)16-19-14(4,5)15(6,7)20-16/h8-10H,1-7H3,(H,17,18). The Balaban J connectivity index is 2.23. The molecule has 0 amide bonds. The average Bonchev–Trinajstić information content (AvgIpc) is 2.46. The van der Waals surface area contributed by atoms with E-state index >= 15 is 0 Å². The number of hydrogen-bond acceptors (Lipinski definition) is 4. The Labute approximate surface area is 122 Å². The van der Waals surface area contributed by atoms with Gasteiger partial charge < -0.3 is 14.6 Å². The second-order valence-electron chi connectivity index (χ2n) is 6.76. The lowest BCUT2D eigenvalue weighted by molar-refractivity contribution is 0.00578. The van der Waals surface area contributed by atoms with Gasteiger partial charge in [0, 0.05) is 17.2 Å². The zero-order valence-electron chi connectivity index (χ0n) is 13.6. The number of aromatic nitrogens is 1. The molecule has 1 aliphatic rings. The van der Waals surface area contributed by atoms with Gasteiger partial charge in [0.15, 0.2) is 0 Å². The molecule has 1 fully saturated rings. The molecule has 1 saturated heterocycles. The summed E-state index contributed by atoms with van der Waals surface area (Å²) in [5.74, 6) is 0.887. The predicted molar refractivity (Wildman–Crippen MR) is 83.4 cm³/mol. The fraction of sp³-hybridized carbons (Fsp3) is 0.667. The first kappa shape index (κ1) is 15.3. The Morgan fingerprint density at radius 3 is 2.10 bits per heavy atom. The summed E-state index contributed by atoms with van der Waals surface area (Å²) in [4.78, 5) is 4.58. The van der Waals surface area contributed by atoms with Gasteiger partial charge in [-0.1, -0.05) is 6.07 Å². The lowest BCUT2D eigenvalue weighted by atomic mass is 9.78. The van der Waals surface area contributed by atoms with Crippen molar-refractivity contribution in [2.75, 3.05) is 5.32 Å². The molecule has 0 aromatic carbocycles. The minimum absolute atomic E-state index is 0.320. The number of aryl methyl sites for hydroxylation is 1. The van der Waals surface area contributed by atoms with Crippen molar-refractivity contribution in [1.29, 1.82) is 0 Å². The summed E-state index contributed by atoms with van der Waals surface area (Å²) in [5.41, 5.74) is 1.30. The smallest absolute Gasteiger partial charge is 0.399 e. The van der Waals surface area contributed by atoms with E-state index in [-0.39, 0.29) is 18.3 Å². The van der Waals surface area contributed by atoms with Crippen molar-refractivity contribution in [3.8, 4) is 0 Å². The summed E-state index contributed by atoms with van der Waals surface area (Å²) in [6.45, 7) is 14.4. The second-order valence-corrected chi connectivity index (χ2v) is 6.76. The van der Waals surface area contributed by atoms with Crippen LogP contribution in [-0.4, -0.2) is 29.3 Å². The quantitative estimate of drug-likeness (QED) is 0.861. The van der Waals surface area contributed by atoms with E-state index in [4.69, 9.17) is 9.31 Å². The molecule has 110 valence electrons. The largest absolute Gasteiger partial charge is 0.496 e. The van der Waals surface area contributed by atoms with Gasteiger partial charge in [0.2, 0.25) is 0 Å². The van der Waals surface area contributed by atoms with Gasteiger partial charge >= 0.3 is 7.12 Å². The first-order chi connectivity index (χ1) is 9.12. The van der Waals surface area contributed by atoms with E-state index in [1.54, 1.807) is 0 Å². The van der Waals surface area contributed by atoms with Crippen molar-refractivity contribution in [3.05, 3.63) is 17.8 Å². The summed E-state index contributed by atoms with van der Waals surface area (Å²) in [6.07, 6.45) is 0. The third-order valence-electron chi connectivity index (χ3n) is 4.07. The lowest BCUT2D eigenvalue weighted by Crippen LogP contribution is -2.41. The van der Waals surface area contributed by atoms with Crippen molar-refractivity contribution in [1.82, 2.24) is 4.98 Å². The van der Waals surface area contributed by atoms with E-state index in [0.29, 0.717) is 6.04 Å². The Morgan fingerprint density at radius 2 is 1.65 bits per heavy atom. The van der Waals surface area contributed by atoms with E-state index < -0.39 is 0 Å². The highest BCUT2D eigenvalue weighted by molar-refractivity contribution is 6.62. The van der Waals surface area contributed by atoms with Crippen LogP contribution < -0.4 is 10.8 Å². The van der Waals surface area contributed by atoms with Crippen LogP contribution in [0.25, 0.3) is 0 Å². The Kier molecular flexibility index (Phi) is 3.86. The predicted octanol–water partition coefficient (Wildman–Crippen LogP) is 2.51. The SMILES string of the molecule is Cc1nc(NC(C)C)ccc1B1OC(C)(C)C(C)(C)O1. The molecule has 2 heterocycles. The van der Waals surface area contributed by atoms with Gasteiger partial charge in [0.25, 0.3) is 0 Å². The van der Waals surface area contributed by atoms with Crippen molar-refractivity contribution < 1.29 is 9.31 Å². The van der Waals surface area contributed by atoms with Crippen LogP contribution in [0.4, 0.5) is 5.82 Å². The minimum atomic E-state index is -0.347. The van der Waals surface area contributed by atoms with Gasteiger partial charge in [-0.15, -0.1) is 0 Å². The lowest BCUT2D eigenvalue weighted by Gasteiger charge is -2.32. The topological polar surface area (TPSA) is 43.4 Å². The zero-order valence-corrected chi connectivity index (χ0v) is 13.6. The molecule has 1 aliphatic heterocycles. The van der Waals surface area contributed by atoms with Crippen molar-refractivity contribution in [2.24, 2.45) is 0 Å². The van der Waals surface area contributed by atoms with E-state index in [1.807, 2.05) is 19.1 Å². The van der Waals surface area contributed by atoms with Gasteiger partial charge in [-0.3, -0.25) is 0 Å². The summed E-state index contributed by atoms with van der Waals surface area (Å²) in [6, 6.07) is 4.38. The maximum absolute atomic E-state index is 6.07. The molecule has 2 rings (SSSR count). The fourth-order valence-electron chi connectivity index (χ4n) is 2.17. The van der Waals surface area contributed by atoms with E-state index in [9.17, 15) is 0 Å². The summed E-state index contributed by atoms with van der Waals surface area (Å²) < 4.78 is 12.1. The van der Waals surface area contributed by atoms with Crippen molar-refractivity contribution in [2.45, 2.75) is 65.7 Å². The Hall–Kier alpha value is -1.07. The highest BCUT2D eigenvalue weighted by Crippen LogP contribution is 2.36.